The SMILES string of the molecule is CCNC(=NCc1ccc(CN(C)C)cc1)NCc1sc(C)nc1C. The summed E-state index contributed by atoms with van der Waals surface area (Å²) in [6, 6.07) is 8.66. The Morgan fingerprint density at radius 1 is 1.12 bits per heavy atom. The van der Waals surface area contributed by atoms with Gasteiger partial charge in [-0.15, -0.1) is 11.3 Å². The summed E-state index contributed by atoms with van der Waals surface area (Å²) in [5.41, 5.74) is 3.63. The molecule has 0 amide bonds. The van der Waals surface area contributed by atoms with Crippen LogP contribution in [0.5, 0.6) is 0 Å². The minimum atomic E-state index is 0.665. The van der Waals surface area contributed by atoms with Crippen molar-refractivity contribution >= 4 is 17.3 Å². The molecule has 0 aliphatic carbocycles. The van der Waals surface area contributed by atoms with Crippen molar-refractivity contribution in [1.82, 2.24) is 20.5 Å². The fourth-order valence-corrected chi connectivity index (χ4v) is 3.41. The summed E-state index contributed by atoms with van der Waals surface area (Å²) in [6.45, 7) is 9.40. The van der Waals surface area contributed by atoms with Gasteiger partial charge >= 0.3 is 0 Å². The molecule has 25 heavy (non-hydrogen) atoms. The first kappa shape index (κ1) is 19.4. The third-order valence-corrected chi connectivity index (χ3v) is 4.77. The monoisotopic (exact) mass is 359 g/mol. The van der Waals surface area contributed by atoms with Gasteiger partial charge in [0.15, 0.2) is 5.96 Å². The lowest BCUT2D eigenvalue weighted by molar-refractivity contribution is 0.402. The van der Waals surface area contributed by atoms with Gasteiger partial charge in [-0.1, -0.05) is 24.3 Å². The smallest absolute Gasteiger partial charge is 0.191 e. The van der Waals surface area contributed by atoms with E-state index in [9.17, 15) is 0 Å². The van der Waals surface area contributed by atoms with Gasteiger partial charge in [0.2, 0.25) is 0 Å². The van der Waals surface area contributed by atoms with Gasteiger partial charge in [0.05, 0.1) is 23.8 Å². The lowest BCUT2D eigenvalue weighted by Gasteiger charge is -2.11. The van der Waals surface area contributed by atoms with E-state index in [1.54, 1.807) is 11.3 Å². The number of rotatable bonds is 7. The first-order chi connectivity index (χ1) is 12.0. The minimum absolute atomic E-state index is 0.665. The fraction of sp³-hybridized carbons (Fsp3) is 0.474. The zero-order valence-corrected chi connectivity index (χ0v) is 16.7. The van der Waals surface area contributed by atoms with E-state index in [-0.39, 0.29) is 0 Å². The van der Waals surface area contributed by atoms with Crippen molar-refractivity contribution in [3.05, 3.63) is 51.0 Å². The molecule has 0 saturated carbocycles. The summed E-state index contributed by atoms with van der Waals surface area (Å²) in [4.78, 5) is 12.6. The van der Waals surface area contributed by atoms with Gasteiger partial charge in [-0.3, -0.25) is 0 Å². The highest BCUT2D eigenvalue weighted by molar-refractivity contribution is 7.11. The van der Waals surface area contributed by atoms with E-state index in [0.717, 1.165) is 36.3 Å². The number of hydrogen-bond acceptors (Lipinski definition) is 4. The molecule has 2 rings (SSSR count). The van der Waals surface area contributed by atoms with Crippen LogP contribution in [-0.4, -0.2) is 36.5 Å². The summed E-state index contributed by atoms with van der Waals surface area (Å²) in [5, 5.41) is 7.81. The molecule has 0 radical (unpaired) electrons. The van der Waals surface area contributed by atoms with Gasteiger partial charge in [0.1, 0.15) is 0 Å². The molecule has 5 nitrogen and oxygen atoms in total. The third-order valence-electron chi connectivity index (χ3n) is 3.70. The quantitative estimate of drug-likeness (QED) is 0.589. The average molecular weight is 360 g/mol. The molecule has 0 spiro atoms. The van der Waals surface area contributed by atoms with Crippen LogP contribution in [0.15, 0.2) is 29.3 Å². The number of nitrogens with one attached hydrogen (secondary N) is 2. The van der Waals surface area contributed by atoms with Gasteiger partial charge in [0.25, 0.3) is 0 Å². The van der Waals surface area contributed by atoms with E-state index in [2.05, 4.69) is 72.7 Å². The van der Waals surface area contributed by atoms with E-state index in [1.807, 2.05) is 6.92 Å². The van der Waals surface area contributed by atoms with Gasteiger partial charge in [-0.25, -0.2) is 9.98 Å². The first-order valence-electron chi connectivity index (χ1n) is 8.65. The summed E-state index contributed by atoms with van der Waals surface area (Å²) in [5.74, 6) is 0.838. The molecule has 1 aromatic heterocycles. The van der Waals surface area contributed by atoms with E-state index < -0.39 is 0 Å². The fourth-order valence-electron chi connectivity index (χ4n) is 2.53. The summed E-state index contributed by atoms with van der Waals surface area (Å²) in [7, 11) is 4.16. The van der Waals surface area contributed by atoms with E-state index in [0.29, 0.717) is 6.54 Å². The Bertz CT molecular complexity index is 688. The van der Waals surface area contributed by atoms with Crippen molar-refractivity contribution in [1.29, 1.82) is 0 Å². The van der Waals surface area contributed by atoms with Gasteiger partial charge < -0.3 is 15.5 Å². The minimum Gasteiger partial charge on any atom is -0.357 e. The molecule has 2 aromatic rings. The molecule has 0 atom stereocenters. The first-order valence-corrected chi connectivity index (χ1v) is 9.47. The number of aryl methyl sites for hydroxylation is 2. The number of nitrogens with zero attached hydrogens (tertiary/aromatic N) is 3. The van der Waals surface area contributed by atoms with Crippen molar-refractivity contribution in [2.45, 2.75) is 40.4 Å². The third kappa shape index (κ3) is 6.48. The number of thiazole rings is 1. The van der Waals surface area contributed by atoms with Crippen LogP contribution < -0.4 is 10.6 Å². The largest absolute Gasteiger partial charge is 0.357 e. The second kappa shape index (κ2) is 9.53. The molecule has 0 unspecified atom stereocenters. The average Bonchev–Trinajstić information content (AvgIpc) is 2.88. The van der Waals surface area contributed by atoms with Crippen molar-refractivity contribution in [2.24, 2.45) is 4.99 Å². The molecule has 136 valence electrons. The molecule has 1 aromatic carbocycles. The van der Waals surface area contributed by atoms with Gasteiger partial charge in [-0.05, 0) is 46.0 Å². The zero-order chi connectivity index (χ0) is 18.2. The standard InChI is InChI=1S/C19H29N5S/c1-6-20-19(22-12-18-14(2)23-15(3)25-18)21-11-16-7-9-17(10-8-16)13-24(4)5/h7-10H,6,11-13H2,1-5H3,(H2,20,21,22). The van der Waals surface area contributed by atoms with Crippen LogP contribution in [0.2, 0.25) is 0 Å². The van der Waals surface area contributed by atoms with Crippen molar-refractivity contribution in [2.75, 3.05) is 20.6 Å². The number of hydrogen-bond donors (Lipinski definition) is 2. The number of benzene rings is 1. The predicted molar refractivity (Wildman–Crippen MR) is 107 cm³/mol. The van der Waals surface area contributed by atoms with Crippen LogP contribution >= 0.6 is 11.3 Å². The molecule has 0 bridgehead atoms. The number of aliphatic imine (C=N–C) groups is 1. The van der Waals surface area contributed by atoms with Crippen molar-refractivity contribution in [3.63, 3.8) is 0 Å². The molecule has 1 heterocycles. The Labute approximate surface area is 155 Å². The summed E-state index contributed by atoms with van der Waals surface area (Å²) < 4.78 is 0. The maximum absolute atomic E-state index is 4.69. The Hall–Kier alpha value is -1.92. The highest BCUT2D eigenvalue weighted by Crippen LogP contribution is 2.16. The Kier molecular flexibility index (Phi) is 7.40. The van der Waals surface area contributed by atoms with E-state index in [1.165, 1.54) is 16.0 Å². The van der Waals surface area contributed by atoms with E-state index in [4.69, 9.17) is 4.99 Å². The molecule has 2 N–H and O–H groups in total. The second-order valence-corrected chi connectivity index (χ2v) is 7.63. The normalized spacial score (nSPS) is 11.8. The molecular formula is C19H29N5S. The Balaban J connectivity index is 1.95. The highest BCUT2D eigenvalue weighted by atomic mass is 32.1. The lowest BCUT2D eigenvalue weighted by Crippen LogP contribution is -2.36. The zero-order valence-electron chi connectivity index (χ0n) is 15.9. The predicted octanol–water partition coefficient (Wildman–Crippen LogP) is 3.08. The van der Waals surface area contributed by atoms with Crippen LogP contribution in [-0.2, 0) is 19.6 Å². The molecule has 0 aliphatic heterocycles. The lowest BCUT2D eigenvalue weighted by atomic mass is 10.1. The van der Waals surface area contributed by atoms with Crippen LogP contribution in [0.1, 0.15) is 33.6 Å². The molecule has 0 fully saturated rings. The number of guanidine groups is 1. The maximum atomic E-state index is 4.69. The van der Waals surface area contributed by atoms with Crippen LogP contribution in [0, 0.1) is 13.8 Å². The maximum Gasteiger partial charge on any atom is 0.191 e. The van der Waals surface area contributed by atoms with Crippen molar-refractivity contribution in [3.8, 4) is 0 Å². The van der Waals surface area contributed by atoms with Crippen LogP contribution in [0.4, 0.5) is 0 Å². The second-order valence-electron chi connectivity index (χ2n) is 6.34. The molecule has 0 saturated heterocycles. The summed E-state index contributed by atoms with van der Waals surface area (Å²) >= 11 is 1.73. The van der Waals surface area contributed by atoms with Crippen LogP contribution in [0.3, 0.4) is 0 Å². The van der Waals surface area contributed by atoms with E-state index >= 15 is 0 Å². The van der Waals surface area contributed by atoms with Crippen molar-refractivity contribution < 1.29 is 0 Å². The van der Waals surface area contributed by atoms with Gasteiger partial charge in [0, 0.05) is 18.0 Å². The number of aromatic nitrogens is 1. The van der Waals surface area contributed by atoms with Crippen LogP contribution in [0.25, 0.3) is 0 Å². The Morgan fingerprint density at radius 3 is 2.36 bits per heavy atom. The van der Waals surface area contributed by atoms with Gasteiger partial charge in [-0.2, -0.15) is 0 Å². The molecular weight excluding hydrogens is 330 g/mol. The molecule has 0 aliphatic rings. The molecule has 6 heteroatoms. The summed E-state index contributed by atoms with van der Waals surface area (Å²) in [6.07, 6.45) is 0. The Morgan fingerprint density at radius 2 is 1.80 bits per heavy atom. The topological polar surface area (TPSA) is 52.6 Å². The highest BCUT2D eigenvalue weighted by Gasteiger charge is 2.06.